The molecular weight excluding hydrogens is 523 g/mol. The number of carbonyl (C=O) groups excluding carboxylic acids is 2. The Kier molecular flexibility index (Phi) is 7.93. The number of nitrogens with zero attached hydrogens (tertiary/aromatic N) is 2. The molecule has 1 aromatic heterocycles. The number of anilines is 1. The Bertz CT molecular complexity index is 1500. The maximum absolute atomic E-state index is 15.1. The third-order valence-electron chi connectivity index (χ3n) is 4.84. The zero-order valence-corrected chi connectivity index (χ0v) is 20.0. The second-order valence-electron chi connectivity index (χ2n) is 7.59. The van der Waals surface area contributed by atoms with Crippen LogP contribution in [0.3, 0.4) is 0 Å². The smallest absolute Gasteiger partial charge is 0.419 e. The van der Waals surface area contributed by atoms with Crippen LogP contribution >= 0.6 is 0 Å². The van der Waals surface area contributed by atoms with E-state index >= 15 is 4.39 Å². The maximum Gasteiger partial charge on any atom is 0.419 e. The van der Waals surface area contributed by atoms with E-state index in [-0.39, 0.29) is 22.0 Å². The Hall–Kier alpha value is -3.91. The van der Waals surface area contributed by atoms with Gasteiger partial charge >= 0.3 is 6.18 Å². The number of halogens is 5. The summed E-state index contributed by atoms with van der Waals surface area (Å²) >= 11 is 0. The minimum absolute atomic E-state index is 0.00102. The monoisotopic (exact) mass is 542 g/mol. The summed E-state index contributed by atoms with van der Waals surface area (Å²) in [5, 5.41) is 2.23. The zero-order chi connectivity index (χ0) is 27.5. The number of aryl methyl sites for hydroxylation is 1. The summed E-state index contributed by atoms with van der Waals surface area (Å²) in [6.45, 7) is 0.856. The third-order valence-corrected chi connectivity index (χ3v) is 6.52. The van der Waals surface area contributed by atoms with Crippen LogP contribution in [-0.4, -0.2) is 33.8 Å². The molecule has 1 unspecified atom stereocenters. The second kappa shape index (κ2) is 10.6. The van der Waals surface area contributed by atoms with E-state index in [1.807, 2.05) is 0 Å². The summed E-state index contributed by atoms with van der Waals surface area (Å²) in [5.74, 6) is -5.66. The SMILES string of the molecule is Cc1nc(F)ccc1Oc1ccc(C(F)(F)F)c(F)c1C(=O)Nc1cccc(S(C)(=O)=NC(=O)CN)c1. The Balaban J connectivity index is 2.06. The quantitative estimate of drug-likeness (QED) is 0.345. The van der Waals surface area contributed by atoms with E-state index in [0.717, 1.165) is 30.5 Å². The summed E-state index contributed by atoms with van der Waals surface area (Å²) in [4.78, 5) is 28.0. The van der Waals surface area contributed by atoms with Gasteiger partial charge in [-0.1, -0.05) is 6.07 Å². The van der Waals surface area contributed by atoms with Crippen molar-refractivity contribution in [1.82, 2.24) is 4.98 Å². The molecule has 3 rings (SSSR count). The molecule has 8 nitrogen and oxygen atoms in total. The fourth-order valence-electron chi connectivity index (χ4n) is 3.11. The zero-order valence-electron chi connectivity index (χ0n) is 19.2. The molecule has 0 bridgehead atoms. The van der Waals surface area contributed by atoms with Crippen molar-refractivity contribution in [2.45, 2.75) is 18.0 Å². The van der Waals surface area contributed by atoms with Crippen LogP contribution in [0.2, 0.25) is 0 Å². The highest BCUT2D eigenvalue weighted by Crippen LogP contribution is 2.38. The molecule has 0 spiro atoms. The van der Waals surface area contributed by atoms with E-state index in [1.54, 1.807) is 0 Å². The van der Waals surface area contributed by atoms with E-state index in [9.17, 15) is 31.4 Å². The molecule has 2 aromatic carbocycles. The molecule has 0 saturated heterocycles. The van der Waals surface area contributed by atoms with E-state index in [4.69, 9.17) is 10.5 Å². The van der Waals surface area contributed by atoms with Crippen molar-refractivity contribution in [1.29, 1.82) is 0 Å². The first kappa shape index (κ1) is 27.7. The van der Waals surface area contributed by atoms with Crippen molar-refractivity contribution in [2.75, 3.05) is 18.1 Å². The van der Waals surface area contributed by atoms with Crippen molar-refractivity contribution in [2.24, 2.45) is 10.1 Å². The molecule has 1 atom stereocenters. The number of hydrogen-bond acceptors (Lipinski definition) is 6. The van der Waals surface area contributed by atoms with Crippen molar-refractivity contribution in [3.63, 3.8) is 0 Å². The van der Waals surface area contributed by atoms with Gasteiger partial charge in [0.15, 0.2) is 5.82 Å². The van der Waals surface area contributed by atoms with Crippen LogP contribution in [0.25, 0.3) is 0 Å². The number of ether oxygens (including phenoxy) is 1. The highest BCUT2D eigenvalue weighted by molar-refractivity contribution is 7.93. The summed E-state index contributed by atoms with van der Waals surface area (Å²) in [6.07, 6.45) is -3.98. The van der Waals surface area contributed by atoms with Crippen molar-refractivity contribution in [3.05, 3.63) is 77.1 Å². The molecule has 0 aliphatic rings. The summed E-state index contributed by atoms with van der Waals surface area (Å²) in [6, 6.07) is 8.31. The molecule has 37 heavy (non-hydrogen) atoms. The number of amides is 2. The number of benzene rings is 2. The fourth-order valence-corrected chi connectivity index (χ4v) is 4.35. The highest BCUT2D eigenvalue weighted by atomic mass is 32.2. The van der Waals surface area contributed by atoms with Gasteiger partial charge in [-0.15, -0.1) is 0 Å². The fraction of sp³-hybridized carbons (Fsp3) is 0.174. The Morgan fingerprint density at radius 2 is 1.78 bits per heavy atom. The van der Waals surface area contributed by atoms with Crippen LogP contribution in [0.15, 0.2) is 57.8 Å². The van der Waals surface area contributed by atoms with Gasteiger partial charge in [-0.2, -0.15) is 21.9 Å². The van der Waals surface area contributed by atoms with Gasteiger partial charge < -0.3 is 15.8 Å². The average molecular weight is 542 g/mol. The molecule has 14 heteroatoms. The van der Waals surface area contributed by atoms with Crippen LogP contribution in [-0.2, 0) is 20.7 Å². The highest BCUT2D eigenvalue weighted by Gasteiger charge is 2.37. The number of carbonyl (C=O) groups is 2. The van der Waals surface area contributed by atoms with E-state index in [2.05, 4.69) is 14.7 Å². The lowest BCUT2D eigenvalue weighted by atomic mass is 10.1. The van der Waals surface area contributed by atoms with Gasteiger partial charge in [0, 0.05) is 16.8 Å². The Labute approximate surface area is 207 Å². The lowest BCUT2D eigenvalue weighted by Gasteiger charge is -2.17. The molecule has 196 valence electrons. The van der Waals surface area contributed by atoms with Crippen LogP contribution in [0.1, 0.15) is 21.6 Å². The molecule has 0 saturated carbocycles. The van der Waals surface area contributed by atoms with Gasteiger partial charge in [-0.25, -0.2) is 13.6 Å². The average Bonchev–Trinajstić information content (AvgIpc) is 2.80. The van der Waals surface area contributed by atoms with E-state index in [1.165, 1.54) is 25.1 Å². The van der Waals surface area contributed by atoms with E-state index in [0.29, 0.717) is 6.07 Å². The van der Waals surface area contributed by atoms with Crippen LogP contribution in [0, 0.1) is 18.7 Å². The largest absolute Gasteiger partial charge is 0.455 e. The number of rotatable bonds is 6. The van der Waals surface area contributed by atoms with Gasteiger partial charge in [0.2, 0.25) is 5.95 Å². The van der Waals surface area contributed by atoms with E-state index < -0.39 is 62.9 Å². The molecule has 0 aliphatic carbocycles. The maximum atomic E-state index is 15.1. The number of nitrogens with one attached hydrogen (secondary N) is 1. The van der Waals surface area contributed by atoms with Gasteiger partial charge in [-0.3, -0.25) is 9.59 Å². The molecular formula is C23H19F5N4O4S. The Morgan fingerprint density at radius 3 is 2.41 bits per heavy atom. The number of nitrogens with two attached hydrogens (primary N) is 1. The minimum atomic E-state index is -5.13. The predicted molar refractivity (Wildman–Crippen MR) is 124 cm³/mol. The first-order valence-electron chi connectivity index (χ1n) is 10.3. The summed E-state index contributed by atoms with van der Waals surface area (Å²) in [5.41, 5.74) is 2.28. The molecule has 3 N–H and O–H groups in total. The normalized spacial score (nSPS) is 13.0. The molecule has 0 fully saturated rings. The first-order valence-corrected chi connectivity index (χ1v) is 12.2. The summed E-state index contributed by atoms with van der Waals surface area (Å²) in [7, 11) is -3.28. The van der Waals surface area contributed by atoms with Crippen molar-refractivity contribution < 1.29 is 40.5 Å². The first-order chi connectivity index (χ1) is 17.2. The molecule has 0 radical (unpaired) electrons. The molecule has 1 heterocycles. The topological polar surface area (TPSA) is 124 Å². The Morgan fingerprint density at radius 1 is 1.11 bits per heavy atom. The van der Waals surface area contributed by atoms with Crippen LogP contribution in [0.5, 0.6) is 11.5 Å². The third kappa shape index (κ3) is 6.46. The van der Waals surface area contributed by atoms with Gasteiger partial charge in [0.1, 0.15) is 17.1 Å². The molecule has 3 aromatic rings. The number of pyridine rings is 1. The van der Waals surface area contributed by atoms with Gasteiger partial charge in [0.05, 0.1) is 27.5 Å². The van der Waals surface area contributed by atoms with Gasteiger partial charge in [0.25, 0.3) is 11.8 Å². The standard InChI is InChI=1S/C23H19F5N4O4S/c1-12-16(8-9-18(24)30-12)36-17-7-6-15(23(26,27)28)21(25)20(17)22(34)31-13-4-3-5-14(10-13)37(2,35)32-19(33)11-29/h3-10H,11,29H2,1-2H3,(H,31,34). The van der Waals surface area contributed by atoms with Crippen molar-refractivity contribution in [3.8, 4) is 11.5 Å². The van der Waals surface area contributed by atoms with Gasteiger partial charge in [-0.05, 0) is 49.4 Å². The lowest BCUT2D eigenvalue weighted by Crippen LogP contribution is -2.19. The second-order valence-corrected chi connectivity index (χ2v) is 9.85. The van der Waals surface area contributed by atoms with Crippen molar-refractivity contribution >= 4 is 27.2 Å². The molecule has 2 amide bonds. The summed E-state index contributed by atoms with van der Waals surface area (Å²) < 4.78 is 90.2. The number of hydrogen-bond donors (Lipinski definition) is 2. The number of alkyl halides is 3. The van der Waals surface area contributed by atoms with Crippen LogP contribution < -0.4 is 15.8 Å². The molecule has 0 aliphatic heterocycles. The minimum Gasteiger partial charge on any atom is -0.455 e. The lowest BCUT2D eigenvalue weighted by molar-refractivity contribution is -0.140. The predicted octanol–water partition coefficient (Wildman–Crippen LogP) is 4.67. The number of aromatic nitrogens is 1. The van der Waals surface area contributed by atoms with Crippen LogP contribution in [0.4, 0.5) is 27.6 Å².